The molecule has 4 heterocycles. The van der Waals surface area contributed by atoms with Gasteiger partial charge in [0.2, 0.25) is 5.95 Å². The Balaban J connectivity index is 1.54. The molecule has 178 valence electrons. The van der Waals surface area contributed by atoms with Gasteiger partial charge in [-0.1, -0.05) is 11.6 Å². The summed E-state index contributed by atoms with van der Waals surface area (Å²) in [5, 5.41) is 3.75. The first kappa shape index (κ1) is 23.5. The fraction of sp³-hybridized carbons (Fsp3) is 0.565. The smallest absolute Gasteiger partial charge is 0.329 e. The zero-order chi connectivity index (χ0) is 23.8. The average Bonchev–Trinajstić information content (AvgIpc) is 3.19. The van der Waals surface area contributed by atoms with Gasteiger partial charge in [-0.2, -0.15) is 0 Å². The number of carbonyl (C=O) groups is 2. The van der Waals surface area contributed by atoms with Crippen molar-refractivity contribution in [1.29, 1.82) is 0 Å². The monoisotopic (exact) mass is 475 g/mol. The van der Waals surface area contributed by atoms with Gasteiger partial charge in [-0.15, -0.1) is 0 Å². The first-order chi connectivity index (χ1) is 15.6. The first-order valence-corrected chi connectivity index (χ1v) is 11.6. The molecular weight excluding hydrogens is 446 g/mol. The molecule has 2 aromatic rings. The van der Waals surface area contributed by atoms with Crippen LogP contribution >= 0.6 is 11.6 Å². The molecule has 2 aliphatic rings. The number of aromatic nitrogens is 3. The molecule has 1 fully saturated rings. The molecule has 1 atom stereocenters. The highest BCUT2D eigenvalue weighted by molar-refractivity contribution is 6.33. The van der Waals surface area contributed by atoms with E-state index in [0.29, 0.717) is 48.7 Å². The third kappa shape index (κ3) is 5.30. The van der Waals surface area contributed by atoms with Crippen molar-refractivity contribution in [2.24, 2.45) is 0 Å². The van der Waals surface area contributed by atoms with Gasteiger partial charge in [0.1, 0.15) is 17.3 Å². The number of nitrogens with one attached hydrogen (secondary N) is 1. The molecule has 1 unspecified atom stereocenters. The van der Waals surface area contributed by atoms with Gasteiger partial charge in [0, 0.05) is 44.1 Å². The van der Waals surface area contributed by atoms with Crippen LogP contribution in [0.1, 0.15) is 51.0 Å². The quantitative estimate of drug-likeness (QED) is 0.662. The van der Waals surface area contributed by atoms with E-state index in [1.807, 2.05) is 31.5 Å². The Morgan fingerprint density at radius 2 is 2.03 bits per heavy atom. The lowest BCUT2D eigenvalue weighted by Crippen LogP contribution is -2.49. The Hall–Kier alpha value is -2.65. The summed E-state index contributed by atoms with van der Waals surface area (Å²) in [5.41, 5.74) is 1.16. The molecular formula is C23H30ClN5O4. The van der Waals surface area contributed by atoms with Crippen LogP contribution in [0.5, 0.6) is 0 Å². The van der Waals surface area contributed by atoms with Gasteiger partial charge in [0.15, 0.2) is 0 Å². The van der Waals surface area contributed by atoms with Crippen molar-refractivity contribution in [2.45, 2.75) is 64.8 Å². The van der Waals surface area contributed by atoms with Crippen LogP contribution in [0.4, 0.5) is 5.95 Å². The van der Waals surface area contributed by atoms with E-state index in [9.17, 15) is 9.59 Å². The van der Waals surface area contributed by atoms with E-state index in [2.05, 4.69) is 15.3 Å². The Morgan fingerprint density at radius 3 is 2.73 bits per heavy atom. The maximum absolute atomic E-state index is 13.2. The second-order valence-corrected chi connectivity index (χ2v) is 9.84. The van der Waals surface area contributed by atoms with Crippen molar-refractivity contribution in [3.05, 3.63) is 29.2 Å². The van der Waals surface area contributed by atoms with Crippen molar-refractivity contribution in [3.8, 4) is 11.3 Å². The highest BCUT2D eigenvalue weighted by Crippen LogP contribution is 2.30. The van der Waals surface area contributed by atoms with Crippen LogP contribution in [0.3, 0.4) is 0 Å². The van der Waals surface area contributed by atoms with Crippen molar-refractivity contribution in [3.63, 3.8) is 0 Å². The SMILES string of the molecule is CC(C(=O)OC(C)(C)C)N1CCn2cc(-c3nc(NC4CCOCC4)ncc3Cl)cc2C1=O. The lowest BCUT2D eigenvalue weighted by Gasteiger charge is -2.33. The van der Waals surface area contributed by atoms with Gasteiger partial charge < -0.3 is 24.3 Å². The molecule has 0 aliphatic carbocycles. The molecule has 4 rings (SSSR count). The molecule has 0 spiro atoms. The number of carbonyl (C=O) groups excluding carboxylic acids is 2. The Labute approximate surface area is 198 Å². The topological polar surface area (TPSA) is 98.6 Å². The number of fused-ring (bicyclic) bond motifs is 1. The predicted octanol–water partition coefficient (Wildman–Crippen LogP) is 3.38. The number of nitrogens with zero attached hydrogens (tertiary/aromatic N) is 4. The van der Waals surface area contributed by atoms with E-state index >= 15 is 0 Å². The van der Waals surface area contributed by atoms with Crippen molar-refractivity contribution in [2.75, 3.05) is 25.1 Å². The number of halogens is 1. The molecule has 9 nitrogen and oxygen atoms in total. The summed E-state index contributed by atoms with van der Waals surface area (Å²) < 4.78 is 12.7. The van der Waals surface area contributed by atoms with Crippen LogP contribution in [0, 0.1) is 0 Å². The van der Waals surface area contributed by atoms with Crippen LogP contribution in [0.15, 0.2) is 18.5 Å². The van der Waals surface area contributed by atoms with Gasteiger partial charge >= 0.3 is 5.97 Å². The van der Waals surface area contributed by atoms with E-state index < -0.39 is 17.6 Å². The lowest BCUT2D eigenvalue weighted by atomic mass is 10.1. The van der Waals surface area contributed by atoms with Gasteiger partial charge in [-0.3, -0.25) is 4.79 Å². The normalized spacial score (nSPS) is 18.1. The van der Waals surface area contributed by atoms with Gasteiger partial charge in [0.25, 0.3) is 5.91 Å². The summed E-state index contributed by atoms with van der Waals surface area (Å²) in [5.74, 6) is -0.146. The number of ether oxygens (including phenoxy) is 2. The summed E-state index contributed by atoms with van der Waals surface area (Å²) in [6.45, 7) is 9.52. The highest BCUT2D eigenvalue weighted by Gasteiger charge is 2.34. The molecule has 0 saturated carbocycles. The van der Waals surface area contributed by atoms with Crippen LogP contribution in [0.25, 0.3) is 11.3 Å². The highest BCUT2D eigenvalue weighted by atomic mass is 35.5. The minimum Gasteiger partial charge on any atom is -0.458 e. The third-order valence-electron chi connectivity index (χ3n) is 5.75. The maximum atomic E-state index is 13.2. The largest absolute Gasteiger partial charge is 0.458 e. The fourth-order valence-electron chi connectivity index (χ4n) is 4.02. The fourth-order valence-corrected chi connectivity index (χ4v) is 4.22. The van der Waals surface area contributed by atoms with E-state index in [-0.39, 0.29) is 11.9 Å². The Bertz CT molecular complexity index is 1040. The number of rotatable bonds is 5. The van der Waals surface area contributed by atoms with Crippen molar-refractivity contribution < 1.29 is 19.1 Å². The van der Waals surface area contributed by atoms with Crippen LogP contribution in [-0.2, 0) is 20.8 Å². The molecule has 0 aromatic carbocycles. The molecule has 2 aliphatic heterocycles. The molecule has 1 N–H and O–H groups in total. The minimum absolute atomic E-state index is 0.225. The van der Waals surface area contributed by atoms with Crippen LogP contribution in [-0.4, -0.2) is 68.8 Å². The van der Waals surface area contributed by atoms with E-state index in [1.165, 1.54) is 0 Å². The van der Waals surface area contributed by atoms with Gasteiger partial charge in [-0.25, -0.2) is 14.8 Å². The first-order valence-electron chi connectivity index (χ1n) is 11.2. The summed E-state index contributed by atoms with van der Waals surface area (Å²) in [7, 11) is 0. The third-order valence-corrected chi connectivity index (χ3v) is 6.02. The number of esters is 1. The molecule has 33 heavy (non-hydrogen) atoms. The van der Waals surface area contributed by atoms with Crippen LogP contribution < -0.4 is 5.32 Å². The molecule has 10 heteroatoms. The minimum atomic E-state index is -0.679. The second-order valence-electron chi connectivity index (χ2n) is 9.44. The Morgan fingerprint density at radius 1 is 1.30 bits per heavy atom. The molecule has 1 saturated heterocycles. The summed E-state index contributed by atoms with van der Waals surface area (Å²) in [6, 6.07) is 1.34. The summed E-state index contributed by atoms with van der Waals surface area (Å²) >= 11 is 6.42. The maximum Gasteiger partial charge on any atom is 0.329 e. The predicted molar refractivity (Wildman–Crippen MR) is 124 cm³/mol. The number of amides is 1. The number of anilines is 1. The Kier molecular flexibility index (Phi) is 6.63. The zero-order valence-electron chi connectivity index (χ0n) is 19.4. The number of hydrogen-bond acceptors (Lipinski definition) is 7. The number of hydrogen-bond donors (Lipinski definition) is 1. The van der Waals surface area contributed by atoms with E-state index in [1.54, 1.807) is 24.1 Å². The van der Waals surface area contributed by atoms with E-state index in [0.717, 1.165) is 18.4 Å². The van der Waals surface area contributed by atoms with Crippen molar-refractivity contribution >= 4 is 29.4 Å². The summed E-state index contributed by atoms with van der Waals surface area (Å²) in [6.07, 6.45) is 5.22. The average molecular weight is 476 g/mol. The molecule has 1 amide bonds. The summed E-state index contributed by atoms with van der Waals surface area (Å²) in [4.78, 5) is 36.2. The van der Waals surface area contributed by atoms with Gasteiger partial charge in [-0.05, 0) is 46.6 Å². The zero-order valence-corrected chi connectivity index (χ0v) is 20.2. The molecule has 0 bridgehead atoms. The lowest BCUT2D eigenvalue weighted by molar-refractivity contribution is -0.160. The van der Waals surface area contributed by atoms with Crippen molar-refractivity contribution in [1.82, 2.24) is 19.4 Å². The molecule has 2 aromatic heterocycles. The standard InChI is InChI=1S/C23H30ClN5O4/c1-14(21(31)33-23(2,3)4)29-8-7-28-13-15(11-18(28)20(29)30)19-17(24)12-25-22(27-19)26-16-5-9-32-10-6-16/h11-14,16H,5-10H2,1-4H3,(H,25,26,27). The van der Waals surface area contributed by atoms with Crippen LogP contribution in [0.2, 0.25) is 5.02 Å². The second kappa shape index (κ2) is 9.30. The molecule has 0 radical (unpaired) electrons. The van der Waals surface area contributed by atoms with E-state index in [4.69, 9.17) is 21.1 Å². The van der Waals surface area contributed by atoms with Gasteiger partial charge in [0.05, 0.1) is 16.9 Å².